The highest BCUT2D eigenvalue weighted by Crippen LogP contribution is 2.26. The van der Waals surface area contributed by atoms with Crippen molar-refractivity contribution >= 4 is 11.8 Å². The van der Waals surface area contributed by atoms with Crippen LogP contribution in [0.4, 0.5) is 0 Å². The molecule has 132 valence electrons. The largest absolute Gasteiger partial charge is 0.345 e. The number of carbonyl (C=O) groups is 2. The number of hydrogen-bond donors (Lipinski definition) is 1. The average Bonchev–Trinajstić information content (AvgIpc) is 3.05. The molecule has 3 heterocycles. The average molecular weight is 341 g/mol. The van der Waals surface area contributed by atoms with Gasteiger partial charge in [-0.3, -0.25) is 14.6 Å². The summed E-state index contributed by atoms with van der Waals surface area (Å²) in [7, 11) is 0. The van der Waals surface area contributed by atoms with Gasteiger partial charge in [0.05, 0.1) is 18.3 Å². The standard InChI is InChI=1S/C18H23N5O2/c1-12(2)18(25)23-9-8-22-11-15(21-16(22)13(23)3)17(24)20-10-14-6-4-5-7-19-14/h4-7,11-13H,8-10H2,1-3H3,(H,20,24)/t13-/m0/s1. The first-order valence-corrected chi connectivity index (χ1v) is 8.53. The van der Waals surface area contributed by atoms with Gasteiger partial charge in [0.2, 0.25) is 5.91 Å². The molecule has 2 aromatic heterocycles. The van der Waals surface area contributed by atoms with Crippen molar-refractivity contribution in [3.8, 4) is 0 Å². The summed E-state index contributed by atoms with van der Waals surface area (Å²) < 4.78 is 1.96. The molecule has 0 saturated heterocycles. The van der Waals surface area contributed by atoms with Crippen LogP contribution in [0.15, 0.2) is 30.6 Å². The lowest BCUT2D eigenvalue weighted by Crippen LogP contribution is -2.42. The van der Waals surface area contributed by atoms with E-state index in [-0.39, 0.29) is 23.8 Å². The summed E-state index contributed by atoms with van der Waals surface area (Å²) in [5, 5.41) is 2.83. The van der Waals surface area contributed by atoms with Gasteiger partial charge in [0.25, 0.3) is 5.91 Å². The topological polar surface area (TPSA) is 80.1 Å². The molecule has 1 aliphatic rings. The van der Waals surface area contributed by atoms with Crippen LogP contribution >= 0.6 is 0 Å². The van der Waals surface area contributed by atoms with E-state index in [4.69, 9.17) is 0 Å². The fourth-order valence-corrected chi connectivity index (χ4v) is 3.00. The van der Waals surface area contributed by atoms with Gasteiger partial charge in [0.15, 0.2) is 0 Å². The molecule has 3 rings (SSSR count). The number of carbonyl (C=O) groups excluding carboxylic acids is 2. The van der Waals surface area contributed by atoms with Crippen LogP contribution in [0.25, 0.3) is 0 Å². The van der Waals surface area contributed by atoms with E-state index in [1.807, 2.05) is 48.4 Å². The van der Waals surface area contributed by atoms with Crippen molar-refractivity contribution in [1.29, 1.82) is 0 Å². The van der Waals surface area contributed by atoms with Gasteiger partial charge in [-0.15, -0.1) is 0 Å². The number of rotatable bonds is 4. The van der Waals surface area contributed by atoms with Crippen molar-refractivity contribution in [3.05, 3.63) is 47.8 Å². The third kappa shape index (κ3) is 3.55. The van der Waals surface area contributed by atoms with Gasteiger partial charge in [0.1, 0.15) is 11.5 Å². The summed E-state index contributed by atoms with van der Waals surface area (Å²) in [5.41, 5.74) is 1.17. The number of aromatic nitrogens is 3. The van der Waals surface area contributed by atoms with Crippen molar-refractivity contribution in [2.24, 2.45) is 5.92 Å². The molecule has 2 amide bonds. The normalized spacial score (nSPS) is 16.6. The van der Waals surface area contributed by atoms with Crippen molar-refractivity contribution in [3.63, 3.8) is 0 Å². The molecule has 0 fully saturated rings. The molecular weight excluding hydrogens is 318 g/mol. The molecule has 0 aromatic carbocycles. The Hall–Kier alpha value is -2.70. The third-order valence-electron chi connectivity index (χ3n) is 4.40. The number of nitrogens with one attached hydrogen (secondary N) is 1. The van der Waals surface area contributed by atoms with Crippen LogP contribution in [0.1, 0.15) is 48.8 Å². The molecular formula is C18H23N5O2. The van der Waals surface area contributed by atoms with Gasteiger partial charge in [-0.1, -0.05) is 19.9 Å². The lowest BCUT2D eigenvalue weighted by molar-refractivity contribution is -0.137. The van der Waals surface area contributed by atoms with E-state index in [0.717, 1.165) is 11.5 Å². The smallest absolute Gasteiger partial charge is 0.271 e. The van der Waals surface area contributed by atoms with Crippen LogP contribution in [0.3, 0.4) is 0 Å². The predicted molar refractivity (Wildman–Crippen MR) is 92.6 cm³/mol. The maximum atomic E-state index is 12.4. The van der Waals surface area contributed by atoms with E-state index in [9.17, 15) is 9.59 Å². The van der Waals surface area contributed by atoms with Crippen molar-refractivity contribution < 1.29 is 9.59 Å². The minimum atomic E-state index is -0.235. The zero-order valence-corrected chi connectivity index (χ0v) is 14.8. The Morgan fingerprint density at radius 1 is 1.32 bits per heavy atom. The summed E-state index contributed by atoms with van der Waals surface area (Å²) in [6.07, 6.45) is 3.45. The van der Waals surface area contributed by atoms with Gasteiger partial charge in [0, 0.05) is 31.4 Å². The predicted octanol–water partition coefficient (Wildman–Crippen LogP) is 1.77. The Kier molecular flexibility index (Phi) is 4.83. The lowest BCUT2D eigenvalue weighted by Gasteiger charge is -2.34. The second-order valence-electron chi connectivity index (χ2n) is 6.54. The van der Waals surface area contributed by atoms with Crippen LogP contribution in [0.5, 0.6) is 0 Å². The zero-order valence-electron chi connectivity index (χ0n) is 14.8. The van der Waals surface area contributed by atoms with Crippen molar-refractivity contribution in [2.45, 2.75) is 39.9 Å². The highest BCUT2D eigenvalue weighted by Gasteiger charge is 2.31. The Bertz CT molecular complexity index is 769. The van der Waals surface area contributed by atoms with Crippen LogP contribution in [-0.4, -0.2) is 37.8 Å². The second kappa shape index (κ2) is 7.04. The molecule has 0 saturated carbocycles. The summed E-state index contributed by atoms with van der Waals surface area (Å²) >= 11 is 0. The number of pyridine rings is 1. The molecule has 1 atom stereocenters. The van der Waals surface area contributed by atoms with Crippen LogP contribution < -0.4 is 5.32 Å². The third-order valence-corrected chi connectivity index (χ3v) is 4.40. The molecule has 7 nitrogen and oxygen atoms in total. The van der Waals surface area contributed by atoms with E-state index in [1.54, 1.807) is 12.4 Å². The molecule has 0 aliphatic carbocycles. The minimum absolute atomic E-state index is 0.0508. The maximum absolute atomic E-state index is 12.4. The first-order valence-electron chi connectivity index (χ1n) is 8.53. The van der Waals surface area contributed by atoms with E-state index in [2.05, 4.69) is 15.3 Å². The van der Waals surface area contributed by atoms with Crippen molar-refractivity contribution in [1.82, 2.24) is 24.8 Å². The van der Waals surface area contributed by atoms with Crippen LogP contribution in [0, 0.1) is 5.92 Å². The van der Waals surface area contributed by atoms with E-state index in [0.29, 0.717) is 25.3 Å². The number of amides is 2. The number of nitrogens with zero attached hydrogens (tertiary/aromatic N) is 4. The SMILES string of the molecule is CC(C)C(=O)N1CCn2cc(C(=O)NCc3ccccn3)nc2[C@@H]1C. The van der Waals surface area contributed by atoms with Crippen LogP contribution in [-0.2, 0) is 17.9 Å². The van der Waals surface area contributed by atoms with Gasteiger partial charge in [-0.25, -0.2) is 4.98 Å². The van der Waals surface area contributed by atoms with Gasteiger partial charge < -0.3 is 14.8 Å². The van der Waals surface area contributed by atoms with E-state index >= 15 is 0 Å². The Balaban J connectivity index is 1.71. The quantitative estimate of drug-likeness (QED) is 0.919. The summed E-state index contributed by atoms with van der Waals surface area (Å²) in [6, 6.07) is 5.43. The van der Waals surface area contributed by atoms with Crippen molar-refractivity contribution in [2.75, 3.05) is 6.54 Å². The maximum Gasteiger partial charge on any atom is 0.271 e. The highest BCUT2D eigenvalue weighted by molar-refractivity contribution is 5.92. The minimum Gasteiger partial charge on any atom is -0.345 e. The fraction of sp³-hybridized carbons (Fsp3) is 0.444. The molecule has 0 bridgehead atoms. The van der Waals surface area contributed by atoms with E-state index in [1.165, 1.54) is 0 Å². The number of hydrogen-bond acceptors (Lipinski definition) is 4. The van der Waals surface area contributed by atoms with Gasteiger partial charge in [-0.2, -0.15) is 0 Å². The first kappa shape index (κ1) is 17.1. The molecule has 0 radical (unpaired) electrons. The molecule has 1 N–H and O–H groups in total. The van der Waals surface area contributed by atoms with Gasteiger partial charge in [-0.05, 0) is 19.1 Å². The first-order chi connectivity index (χ1) is 12.0. The summed E-state index contributed by atoms with van der Waals surface area (Å²) in [4.78, 5) is 35.2. The molecule has 25 heavy (non-hydrogen) atoms. The Morgan fingerprint density at radius 3 is 2.80 bits per heavy atom. The molecule has 7 heteroatoms. The Labute approximate surface area is 147 Å². The van der Waals surface area contributed by atoms with Gasteiger partial charge >= 0.3 is 0 Å². The molecule has 2 aromatic rings. The lowest BCUT2D eigenvalue weighted by atomic mass is 10.1. The number of imidazole rings is 1. The molecule has 0 unspecified atom stereocenters. The molecule has 1 aliphatic heterocycles. The second-order valence-corrected chi connectivity index (χ2v) is 6.54. The fourth-order valence-electron chi connectivity index (χ4n) is 3.00. The Morgan fingerprint density at radius 2 is 2.12 bits per heavy atom. The zero-order chi connectivity index (χ0) is 18.0. The molecule has 0 spiro atoms. The number of fused-ring (bicyclic) bond motifs is 1. The van der Waals surface area contributed by atoms with E-state index < -0.39 is 0 Å². The summed E-state index contributed by atoms with van der Waals surface area (Å²) in [6.45, 7) is 7.39. The van der Waals surface area contributed by atoms with Crippen LogP contribution in [0.2, 0.25) is 0 Å². The monoisotopic (exact) mass is 341 g/mol. The highest BCUT2D eigenvalue weighted by atomic mass is 16.2. The summed E-state index contributed by atoms with van der Waals surface area (Å²) in [5.74, 6) is 0.581.